The van der Waals surface area contributed by atoms with Crippen LogP contribution in [0, 0.1) is 17.3 Å². The lowest BCUT2D eigenvalue weighted by Crippen LogP contribution is -2.27. The van der Waals surface area contributed by atoms with Gasteiger partial charge in [0.25, 0.3) is 0 Å². The molecule has 3 atom stereocenters. The molecule has 0 unspecified atom stereocenters. The van der Waals surface area contributed by atoms with Gasteiger partial charge in [0.2, 0.25) is 0 Å². The van der Waals surface area contributed by atoms with Crippen molar-refractivity contribution in [2.24, 2.45) is 17.3 Å². The Bertz CT molecular complexity index is 378. The van der Waals surface area contributed by atoms with Gasteiger partial charge >= 0.3 is 0 Å². The summed E-state index contributed by atoms with van der Waals surface area (Å²) in [5.74, 6) is 1.31. The highest BCUT2D eigenvalue weighted by atomic mass is 16.3. The van der Waals surface area contributed by atoms with Gasteiger partial charge < -0.3 is 5.11 Å². The summed E-state index contributed by atoms with van der Waals surface area (Å²) in [4.78, 5) is 2.52. The van der Waals surface area contributed by atoms with Crippen LogP contribution in [0.1, 0.15) is 12.5 Å². The standard InChI is InChI=1S/C14H19NO/c1-14-10-15(8-12(14)13(14)9-16)7-11-5-3-2-4-6-11/h2-6,12-13,16H,7-10H2,1H3/t12-,13-,14-/m0/s1. The SMILES string of the molecule is C[C@]12CN(Cc3ccccc3)C[C@H]1[C@@H]2CO. The minimum atomic E-state index is 0.375. The van der Waals surface area contributed by atoms with Gasteiger partial charge in [-0.25, -0.2) is 0 Å². The average Bonchev–Trinajstić information content (AvgIpc) is 2.67. The highest BCUT2D eigenvalue weighted by molar-refractivity contribution is 5.18. The van der Waals surface area contributed by atoms with Crippen molar-refractivity contribution < 1.29 is 5.11 Å². The zero-order valence-electron chi connectivity index (χ0n) is 9.76. The van der Waals surface area contributed by atoms with E-state index in [0.717, 1.165) is 25.6 Å². The minimum absolute atomic E-state index is 0.375. The van der Waals surface area contributed by atoms with Gasteiger partial charge in [-0.1, -0.05) is 37.3 Å². The number of benzene rings is 1. The Morgan fingerprint density at radius 1 is 1.38 bits per heavy atom. The molecule has 1 saturated heterocycles. The van der Waals surface area contributed by atoms with Crippen molar-refractivity contribution in [3.05, 3.63) is 35.9 Å². The largest absolute Gasteiger partial charge is 0.396 e. The van der Waals surface area contributed by atoms with Gasteiger partial charge in [0.05, 0.1) is 0 Å². The van der Waals surface area contributed by atoms with Gasteiger partial charge in [-0.05, 0) is 22.8 Å². The van der Waals surface area contributed by atoms with E-state index in [2.05, 4.69) is 42.2 Å². The van der Waals surface area contributed by atoms with Crippen LogP contribution in [0.15, 0.2) is 30.3 Å². The van der Waals surface area contributed by atoms with Crippen molar-refractivity contribution in [1.82, 2.24) is 4.90 Å². The first-order valence-corrected chi connectivity index (χ1v) is 6.11. The highest BCUT2D eigenvalue weighted by Gasteiger charge is 2.64. The lowest BCUT2D eigenvalue weighted by Gasteiger charge is -2.21. The summed E-state index contributed by atoms with van der Waals surface area (Å²) >= 11 is 0. The maximum absolute atomic E-state index is 9.23. The molecule has 1 heterocycles. The summed E-state index contributed by atoms with van der Waals surface area (Å²) < 4.78 is 0. The maximum atomic E-state index is 9.23. The molecule has 0 radical (unpaired) electrons. The minimum Gasteiger partial charge on any atom is -0.396 e. The maximum Gasteiger partial charge on any atom is 0.0468 e. The number of nitrogens with zero attached hydrogens (tertiary/aromatic N) is 1. The van der Waals surface area contributed by atoms with E-state index in [1.807, 2.05) is 0 Å². The number of aliphatic hydroxyl groups excluding tert-OH is 1. The van der Waals surface area contributed by atoms with Crippen molar-refractivity contribution in [2.75, 3.05) is 19.7 Å². The van der Waals surface area contributed by atoms with Gasteiger partial charge in [-0.2, -0.15) is 0 Å². The van der Waals surface area contributed by atoms with Gasteiger partial charge in [0.15, 0.2) is 0 Å². The van der Waals surface area contributed by atoms with Gasteiger partial charge in [-0.15, -0.1) is 0 Å². The molecule has 0 bridgehead atoms. The molecule has 86 valence electrons. The molecule has 0 aromatic heterocycles. The molecule has 1 saturated carbocycles. The summed E-state index contributed by atoms with van der Waals surface area (Å²) in [6, 6.07) is 10.6. The number of piperidine rings is 1. The average molecular weight is 217 g/mol. The zero-order chi connectivity index (χ0) is 11.2. The normalized spacial score (nSPS) is 37.4. The second kappa shape index (κ2) is 3.57. The topological polar surface area (TPSA) is 23.5 Å². The molecule has 1 aliphatic heterocycles. The monoisotopic (exact) mass is 217 g/mol. The van der Waals surface area contributed by atoms with Crippen LogP contribution in [0.4, 0.5) is 0 Å². The van der Waals surface area contributed by atoms with Crippen molar-refractivity contribution in [2.45, 2.75) is 13.5 Å². The van der Waals surface area contributed by atoms with Gasteiger partial charge in [0, 0.05) is 26.2 Å². The quantitative estimate of drug-likeness (QED) is 0.833. The van der Waals surface area contributed by atoms with Crippen LogP contribution >= 0.6 is 0 Å². The Morgan fingerprint density at radius 3 is 2.69 bits per heavy atom. The van der Waals surface area contributed by atoms with Crippen LogP contribution in [0.25, 0.3) is 0 Å². The van der Waals surface area contributed by atoms with E-state index in [9.17, 15) is 5.11 Å². The third kappa shape index (κ3) is 1.48. The summed E-state index contributed by atoms with van der Waals surface area (Å²) in [6.07, 6.45) is 0. The molecule has 2 fully saturated rings. The van der Waals surface area contributed by atoms with Crippen LogP contribution in [-0.2, 0) is 6.54 Å². The van der Waals surface area contributed by atoms with Crippen LogP contribution in [0.2, 0.25) is 0 Å². The number of aliphatic hydroxyl groups is 1. The first-order valence-electron chi connectivity index (χ1n) is 6.11. The van der Waals surface area contributed by atoms with Gasteiger partial charge in [-0.3, -0.25) is 4.90 Å². The summed E-state index contributed by atoms with van der Waals surface area (Å²) in [6.45, 7) is 6.07. The first kappa shape index (κ1) is 10.3. The second-order valence-electron chi connectivity index (χ2n) is 5.56. The smallest absolute Gasteiger partial charge is 0.0468 e. The fourth-order valence-corrected chi connectivity index (χ4v) is 3.46. The molecule has 16 heavy (non-hydrogen) atoms. The highest BCUT2D eigenvalue weighted by Crippen LogP contribution is 2.62. The molecule has 1 aliphatic carbocycles. The number of likely N-dealkylation sites (tertiary alicyclic amines) is 1. The van der Waals surface area contributed by atoms with Crippen LogP contribution in [0.3, 0.4) is 0 Å². The van der Waals surface area contributed by atoms with Crippen molar-refractivity contribution in [1.29, 1.82) is 0 Å². The summed E-state index contributed by atoms with van der Waals surface area (Å²) in [7, 11) is 0. The molecule has 2 aliphatic rings. The summed E-state index contributed by atoms with van der Waals surface area (Å²) in [5.41, 5.74) is 1.80. The predicted octanol–water partition coefficient (Wildman–Crippen LogP) is 1.75. The number of hydrogen-bond acceptors (Lipinski definition) is 2. The molecule has 1 N–H and O–H groups in total. The third-order valence-corrected chi connectivity index (χ3v) is 4.54. The molecule has 0 spiro atoms. The molecular weight excluding hydrogens is 198 g/mol. The fourth-order valence-electron chi connectivity index (χ4n) is 3.46. The van der Waals surface area contributed by atoms with E-state index in [1.54, 1.807) is 0 Å². The van der Waals surface area contributed by atoms with Crippen molar-refractivity contribution in [3.8, 4) is 0 Å². The summed E-state index contributed by atoms with van der Waals surface area (Å²) in [5, 5.41) is 9.23. The van der Waals surface area contributed by atoms with Crippen molar-refractivity contribution in [3.63, 3.8) is 0 Å². The van der Waals surface area contributed by atoms with Crippen LogP contribution < -0.4 is 0 Å². The predicted molar refractivity (Wildman–Crippen MR) is 63.9 cm³/mol. The van der Waals surface area contributed by atoms with E-state index in [4.69, 9.17) is 0 Å². The van der Waals surface area contributed by atoms with E-state index in [-0.39, 0.29) is 0 Å². The van der Waals surface area contributed by atoms with Crippen LogP contribution in [0.5, 0.6) is 0 Å². The Kier molecular flexibility index (Phi) is 2.30. The van der Waals surface area contributed by atoms with E-state index < -0.39 is 0 Å². The number of hydrogen-bond donors (Lipinski definition) is 1. The zero-order valence-corrected chi connectivity index (χ0v) is 9.76. The number of rotatable bonds is 3. The number of fused-ring (bicyclic) bond motifs is 1. The van der Waals surface area contributed by atoms with Crippen LogP contribution in [-0.4, -0.2) is 29.7 Å². The molecule has 3 rings (SSSR count). The third-order valence-electron chi connectivity index (χ3n) is 4.54. The Labute approximate surface area is 96.9 Å². The molecule has 2 nitrogen and oxygen atoms in total. The molecule has 2 heteroatoms. The molecule has 1 aromatic rings. The lowest BCUT2D eigenvalue weighted by atomic mass is 10.1. The Hall–Kier alpha value is -0.860. The second-order valence-corrected chi connectivity index (χ2v) is 5.56. The van der Waals surface area contributed by atoms with E-state index in [0.29, 0.717) is 17.9 Å². The van der Waals surface area contributed by atoms with Gasteiger partial charge in [0.1, 0.15) is 0 Å². The molecule has 0 amide bonds. The fraction of sp³-hybridized carbons (Fsp3) is 0.571. The molecular formula is C14H19NO. The molecule has 1 aromatic carbocycles. The Balaban J connectivity index is 1.62. The van der Waals surface area contributed by atoms with Crippen molar-refractivity contribution >= 4 is 0 Å². The Morgan fingerprint density at radius 2 is 2.12 bits per heavy atom. The first-order chi connectivity index (χ1) is 7.74. The lowest BCUT2D eigenvalue weighted by molar-refractivity contribution is 0.197. The van der Waals surface area contributed by atoms with E-state index in [1.165, 1.54) is 5.56 Å². The van der Waals surface area contributed by atoms with E-state index >= 15 is 0 Å².